The van der Waals surface area contributed by atoms with Crippen LogP contribution in [-0.2, 0) is 9.59 Å². The summed E-state index contributed by atoms with van der Waals surface area (Å²) < 4.78 is 0. The molecule has 0 saturated carbocycles. The number of unbranched alkanes of at least 4 members (excludes halogenated alkanes) is 1. The third-order valence-corrected chi connectivity index (χ3v) is 1.45. The summed E-state index contributed by atoms with van der Waals surface area (Å²) in [5, 5.41) is 4.88. The number of amides is 2. The van der Waals surface area contributed by atoms with Crippen LogP contribution in [0.5, 0.6) is 0 Å². The van der Waals surface area contributed by atoms with Crippen molar-refractivity contribution < 1.29 is 9.59 Å². The van der Waals surface area contributed by atoms with Gasteiger partial charge in [-0.1, -0.05) is 13.3 Å². The fourth-order valence-electron chi connectivity index (χ4n) is 0.725. The molecule has 5 heteroatoms. The average molecular weight is 187 g/mol. The quantitative estimate of drug-likeness (QED) is 0.380. The zero-order valence-corrected chi connectivity index (χ0v) is 7.93. The van der Waals surface area contributed by atoms with Crippen molar-refractivity contribution in [2.45, 2.75) is 19.8 Å². The highest BCUT2D eigenvalue weighted by Crippen LogP contribution is 1.81. The third kappa shape index (κ3) is 6.10. The molecule has 0 aromatic heterocycles. The second-order valence-electron chi connectivity index (χ2n) is 2.65. The van der Waals surface area contributed by atoms with Gasteiger partial charge in [0, 0.05) is 19.6 Å². The Balaban J connectivity index is 3.51. The average Bonchev–Trinajstić information content (AvgIpc) is 2.14. The Morgan fingerprint density at radius 1 is 1.15 bits per heavy atom. The molecule has 2 amide bonds. The van der Waals surface area contributed by atoms with Crippen molar-refractivity contribution in [1.29, 1.82) is 0 Å². The topological polar surface area (TPSA) is 84.2 Å². The van der Waals surface area contributed by atoms with Crippen molar-refractivity contribution in [3.63, 3.8) is 0 Å². The maximum absolute atomic E-state index is 11.0. The first-order valence-corrected chi connectivity index (χ1v) is 4.48. The van der Waals surface area contributed by atoms with Gasteiger partial charge >= 0.3 is 11.8 Å². The SMILES string of the molecule is CCCCNC(=O)C(=O)NCCN. The molecule has 4 N–H and O–H groups in total. The van der Waals surface area contributed by atoms with E-state index >= 15 is 0 Å². The minimum absolute atomic E-state index is 0.333. The van der Waals surface area contributed by atoms with Gasteiger partial charge in [-0.2, -0.15) is 0 Å². The molecule has 0 rings (SSSR count). The Kier molecular flexibility index (Phi) is 6.91. The second-order valence-corrected chi connectivity index (χ2v) is 2.65. The molecule has 13 heavy (non-hydrogen) atoms. The number of nitrogens with one attached hydrogen (secondary N) is 2. The number of hydrogen-bond acceptors (Lipinski definition) is 3. The van der Waals surface area contributed by atoms with Gasteiger partial charge in [0.1, 0.15) is 0 Å². The molecular formula is C8H17N3O2. The Hall–Kier alpha value is -1.10. The molecule has 0 bridgehead atoms. The Labute approximate surface area is 78.1 Å². The molecule has 76 valence electrons. The summed E-state index contributed by atoms with van der Waals surface area (Å²) in [6.07, 6.45) is 1.88. The van der Waals surface area contributed by atoms with Crippen molar-refractivity contribution >= 4 is 11.8 Å². The number of hydrogen-bond donors (Lipinski definition) is 3. The normalized spacial score (nSPS) is 9.38. The molecule has 0 unspecified atom stereocenters. The predicted octanol–water partition coefficient (Wildman–Crippen LogP) is -1.02. The van der Waals surface area contributed by atoms with E-state index in [-0.39, 0.29) is 0 Å². The number of carbonyl (C=O) groups is 2. The smallest absolute Gasteiger partial charge is 0.309 e. The van der Waals surface area contributed by atoms with Crippen LogP contribution in [0.25, 0.3) is 0 Å². The standard InChI is InChI=1S/C8H17N3O2/c1-2-3-5-10-7(12)8(13)11-6-4-9/h2-6,9H2,1H3,(H,10,12)(H,11,13). The molecule has 0 spiro atoms. The maximum Gasteiger partial charge on any atom is 0.309 e. The van der Waals surface area contributed by atoms with Crippen LogP contribution >= 0.6 is 0 Å². The number of nitrogens with two attached hydrogens (primary N) is 1. The van der Waals surface area contributed by atoms with Gasteiger partial charge in [-0.15, -0.1) is 0 Å². The van der Waals surface area contributed by atoms with E-state index in [4.69, 9.17) is 5.73 Å². The lowest BCUT2D eigenvalue weighted by Crippen LogP contribution is -2.41. The molecule has 0 saturated heterocycles. The first-order chi connectivity index (χ1) is 6.22. The van der Waals surface area contributed by atoms with Crippen molar-refractivity contribution in [3.8, 4) is 0 Å². The molecule has 0 aliphatic heterocycles. The molecule has 0 atom stereocenters. The molecule has 0 aromatic carbocycles. The van der Waals surface area contributed by atoms with Crippen LogP contribution in [0.15, 0.2) is 0 Å². The zero-order chi connectivity index (χ0) is 10.1. The van der Waals surface area contributed by atoms with Gasteiger partial charge in [0.2, 0.25) is 0 Å². The lowest BCUT2D eigenvalue weighted by Gasteiger charge is -2.04. The molecule has 0 fully saturated rings. The van der Waals surface area contributed by atoms with Gasteiger partial charge in [0.05, 0.1) is 0 Å². The lowest BCUT2D eigenvalue weighted by molar-refractivity contribution is -0.139. The molecular weight excluding hydrogens is 170 g/mol. The highest BCUT2D eigenvalue weighted by Gasteiger charge is 2.10. The van der Waals surface area contributed by atoms with Gasteiger partial charge in [0.25, 0.3) is 0 Å². The molecule has 0 aliphatic rings. The summed E-state index contributed by atoms with van der Waals surface area (Å²) in [6.45, 7) is 3.24. The maximum atomic E-state index is 11.0. The monoisotopic (exact) mass is 187 g/mol. The van der Waals surface area contributed by atoms with Crippen LogP contribution in [-0.4, -0.2) is 31.4 Å². The van der Waals surface area contributed by atoms with E-state index < -0.39 is 11.8 Å². The Bertz CT molecular complexity index is 171. The van der Waals surface area contributed by atoms with Gasteiger partial charge in [-0.25, -0.2) is 0 Å². The minimum atomic E-state index is -0.610. The fraction of sp³-hybridized carbons (Fsp3) is 0.750. The summed E-state index contributed by atoms with van der Waals surface area (Å²) in [5.74, 6) is -1.19. The molecule has 0 aliphatic carbocycles. The summed E-state index contributed by atoms with van der Waals surface area (Å²) >= 11 is 0. The summed E-state index contributed by atoms with van der Waals surface area (Å²) in [6, 6.07) is 0. The first kappa shape index (κ1) is 11.9. The lowest BCUT2D eigenvalue weighted by atomic mass is 10.3. The minimum Gasteiger partial charge on any atom is -0.348 e. The van der Waals surface area contributed by atoms with Crippen LogP contribution in [0.3, 0.4) is 0 Å². The van der Waals surface area contributed by atoms with Crippen LogP contribution in [0.1, 0.15) is 19.8 Å². The predicted molar refractivity (Wildman–Crippen MR) is 50.0 cm³/mol. The molecule has 0 radical (unpaired) electrons. The van der Waals surface area contributed by atoms with Gasteiger partial charge in [0.15, 0.2) is 0 Å². The van der Waals surface area contributed by atoms with Crippen LogP contribution in [0.2, 0.25) is 0 Å². The van der Waals surface area contributed by atoms with E-state index in [1.807, 2.05) is 6.92 Å². The van der Waals surface area contributed by atoms with E-state index in [9.17, 15) is 9.59 Å². The summed E-state index contributed by atoms with van der Waals surface area (Å²) in [4.78, 5) is 21.9. The Morgan fingerprint density at radius 2 is 1.69 bits per heavy atom. The highest BCUT2D eigenvalue weighted by atomic mass is 16.2. The van der Waals surface area contributed by atoms with Gasteiger partial charge < -0.3 is 16.4 Å². The highest BCUT2D eigenvalue weighted by molar-refractivity contribution is 6.35. The zero-order valence-electron chi connectivity index (χ0n) is 7.93. The number of rotatable bonds is 5. The summed E-state index contributed by atoms with van der Waals surface area (Å²) in [5.41, 5.74) is 5.15. The van der Waals surface area contributed by atoms with E-state index in [1.54, 1.807) is 0 Å². The van der Waals surface area contributed by atoms with Crippen molar-refractivity contribution in [2.24, 2.45) is 5.73 Å². The van der Waals surface area contributed by atoms with E-state index in [0.29, 0.717) is 19.6 Å². The van der Waals surface area contributed by atoms with Crippen LogP contribution in [0, 0.1) is 0 Å². The van der Waals surface area contributed by atoms with E-state index in [0.717, 1.165) is 12.8 Å². The largest absolute Gasteiger partial charge is 0.348 e. The fourth-order valence-corrected chi connectivity index (χ4v) is 0.725. The first-order valence-electron chi connectivity index (χ1n) is 4.48. The van der Waals surface area contributed by atoms with Crippen molar-refractivity contribution in [3.05, 3.63) is 0 Å². The van der Waals surface area contributed by atoms with Crippen molar-refractivity contribution in [1.82, 2.24) is 10.6 Å². The Morgan fingerprint density at radius 3 is 2.15 bits per heavy atom. The van der Waals surface area contributed by atoms with Crippen molar-refractivity contribution in [2.75, 3.05) is 19.6 Å². The summed E-state index contributed by atoms with van der Waals surface area (Å²) in [7, 11) is 0. The van der Waals surface area contributed by atoms with Crippen LogP contribution in [0.4, 0.5) is 0 Å². The van der Waals surface area contributed by atoms with Crippen LogP contribution < -0.4 is 16.4 Å². The second kappa shape index (κ2) is 7.54. The van der Waals surface area contributed by atoms with E-state index in [1.165, 1.54) is 0 Å². The molecule has 0 aromatic rings. The third-order valence-electron chi connectivity index (χ3n) is 1.45. The molecule has 5 nitrogen and oxygen atoms in total. The number of carbonyl (C=O) groups excluding carboxylic acids is 2. The molecule has 0 heterocycles. The van der Waals surface area contributed by atoms with Gasteiger partial charge in [-0.05, 0) is 6.42 Å². The van der Waals surface area contributed by atoms with E-state index in [2.05, 4.69) is 10.6 Å². The van der Waals surface area contributed by atoms with Gasteiger partial charge in [-0.3, -0.25) is 9.59 Å².